The van der Waals surface area contributed by atoms with Crippen molar-refractivity contribution in [2.24, 2.45) is 0 Å². The van der Waals surface area contributed by atoms with Gasteiger partial charge in [0, 0.05) is 13.6 Å². The molecule has 1 amide bonds. The number of amides is 1. The summed E-state index contributed by atoms with van der Waals surface area (Å²) in [4.78, 5) is 12.9. The lowest BCUT2D eigenvalue weighted by Gasteiger charge is -2.18. The standard InChI is InChI=1S/C18H19F3N2O4S/c1-23(12-13-6-8-15(27-2)9-7-13)17(24)11-22-28(25,26)16-5-3-4-14(10-16)18(19,20)21/h3-10,22H,11-12H2,1-2H3. The molecule has 0 aromatic heterocycles. The van der Waals surface area contributed by atoms with Gasteiger partial charge in [0.15, 0.2) is 0 Å². The fourth-order valence-electron chi connectivity index (χ4n) is 2.31. The lowest BCUT2D eigenvalue weighted by Crippen LogP contribution is -2.37. The van der Waals surface area contributed by atoms with E-state index in [9.17, 15) is 26.4 Å². The van der Waals surface area contributed by atoms with Crippen molar-refractivity contribution in [1.29, 1.82) is 0 Å². The Labute approximate surface area is 161 Å². The van der Waals surface area contributed by atoms with Crippen LogP contribution < -0.4 is 9.46 Å². The Bertz CT molecular complexity index is 929. The molecule has 6 nitrogen and oxygen atoms in total. The monoisotopic (exact) mass is 416 g/mol. The van der Waals surface area contributed by atoms with E-state index >= 15 is 0 Å². The van der Waals surface area contributed by atoms with E-state index in [-0.39, 0.29) is 6.54 Å². The van der Waals surface area contributed by atoms with Gasteiger partial charge < -0.3 is 9.64 Å². The highest BCUT2D eigenvalue weighted by molar-refractivity contribution is 7.89. The van der Waals surface area contributed by atoms with Crippen LogP contribution in [0, 0.1) is 0 Å². The molecule has 0 heterocycles. The molecule has 0 aliphatic rings. The first-order valence-electron chi connectivity index (χ1n) is 8.07. The van der Waals surface area contributed by atoms with E-state index in [1.807, 2.05) is 4.72 Å². The topological polar surface area (TPSA) is 75.7 Å². The number of hydrogen-bond donors (Lipinski definition) is 1. The molecule has 10 heteroatoms. The lowest BCUT2D eigenvalue weighted by molar-refractivity contribution is -0.137. The first-order chi connectivity index (χ1) is 13.0. The maximum Gasteiger partial charge on any atom is 0.416 e. The van der Waals surface area contributed by atoms with Gasteiger partial charge in [0.1, 0.15) is 5.75 Å². The highest BCUT2D eigenvalue weighted by Crippen LogP contribution is 2.30. The summed E-state index contributed by atoms with van der Waals surface area (Å²) in [6, 6.07) is 10.3. The minimum Gasteiger partial charge on any atom is -0.497 e. The normalized spacial score (nSPS) is 11.9. The molecule has 0 aliphatic carbocycles. The molecule has 2 aromatic carbocycles. The molecule has 0 saturated heterocycles. The van der Waals surface area contributed by atoms with Gasteiger partial charge in [0.05, 0.1) is 24.1 Å². The molecule has 0 unspecified atom stereocenters. The third-order valence-electron chi connectivity index (χ3n) is 3.89. The van der Waals surface area contributed by atoms with Crippen LogP contribution in [0.5, 0.6) is 5.75 Å². The van der Waals surface area contributed by atoms with E-state index in [1.54, 1.807) is 24.3 Å². The van der Waals surface area contributed by atoms with Crippen LogP contribution in [0.1, 0.15) is 11.1 Å². The number of rotatable bonds is 7. The van der Waals surface area contributed by atoms with Gasteiger partial charge in [-0.1, -0.05) is 18.2 Å². The zero-order valence-electron chi connectivity index (χ0n) is 15.2. The predicted octanol–water partition coefficient (Wildman–Crippen LogP) is 2.65. The number of nitrogens with zero attached hydrogens (tertiary/aromatic N) is 1. The van der Waals surface area contributed by atoms with E-state index in [2.05, 4.69) is 0 Å². The highest BCUT2D eigenvalue weighted by atomic mass is 32.2. The first-order valence-corrected chi connectivity index (χ1v) is 9.55. The first kappa shape index (κ1) is 21.7. The van der Waals surface area contributed by atoms with Crippen LogP contribution in [0.2, 0.25) is 0 Å². The summed E-state index contributed by atoms with van der Waals surface area (Å²) >= 11 is 0. The number of carbonyl (C=O) groups is 1. The molecule has 0 fully saturated rings. The summed E-state index contributed by atoms with van der Waals surface area (Å²) in [6.07, 6.45) is -4.67. The Morgan fingerprint density at radius 3 is 2.36 bits per heavy atom. The van der Waals surface area contributed by atoms with E-state index in [1.165, 1.54) is 19.1 Å². The summed E-state index contributed by atoms with van der Waals surface area (Å²) in [5, 5.41) is 0. The van der Waals surface area contributed by atoms with E-state index in [4.69, 9.17) is 4.74 Å². The number of sulfonamides is 1. The zero-order valence-corrected chi connectivity index (χ0v) is 16.0. The third-order valence-corrected chi connectivity index (χ3v) is 5.29. The number of benzene rings is 2. The Balaban J connectivity index is 2.00. The van der Waals surface area contributed by atoms with Gasteiger partial charge >= 0.3 is 6.18 Å². The van der Waals surface area contributed by atoms with Crippen molar-refractivity contribution in [2.75, 3.05) is 20.7 Å². The van der Waals surface area contributed by atoms with E-state index < -0.39 is 39.1 Å². The van der Waals surface area contributed by atoms with Crippen LogP contribution >= 0.6 is 0 Å². The van der Waals surface area contributed by atoms with Crippen molar-refractivity contribution in [3.8, 4) is 5.75 Å². The Kier molecular flexibility index (Phi) is 6.68. The number of halogens is 3. The average molecular weight is 416 g/mol. The van der Waals surface area contributed by atoms with Crippen LogP contribution in [0.15, 0.2) is 53.4 Å². The average Bonchev–Trinajstić information content (AvgIpc) is 2.66. The van der Waals surface area contributed by atoms with Gasteiger partial charge in [-0.15, -0.1) is 0 Å². The van der Waals surface area contributed by atoms with Crippen molar-refractivity contribution in [2.45, 2.75) is 17.6 Å². The van der Waals surface area contributed by atoms with Gasteiger partial charge in [-0.2, -0.15) is 13.2 Å². The molecule has 0 atom stereocenters. The van der Waals surface area contributed by atoms with Crippen molar-refractivity contribution < 1.29 is 31.1 Å². The molecule has 0 saturated carbocycles. The van der Waals surface area contributed by atoms with Crippen molar-refractivity contribution in [3.63, 3.8) is 0 Å². The number of nitrogens with one attached hydrogen (secondary N) is 1. The van der Waals surface area contributed by atoms with Gasteiger partial charge in [-0.25, -0.2) is 13.1 Å². The number of likely N-dealkylation sites (N-methyl/N-ethyl adjacent to an activating group) is 1. The van der Waals surface area contributed by atoms with E-state index in [0.29, 0.717) is 11.8 Å². The molecule has 0 radical (unpaired) electrons. The molecular formula is C18H19F3N2O4S. The molecule has 0 bridgehead atoms. The SMILES string of the molecule is COc1ccc(CN(C)C(=O)CNS(=O)(=O)c2cccc(C(F)(F)F)c2)cc1. The van der Waals surface area contributed by atoms with Gasteiger partial charge in [-0.05, 0) is 35.9 Å². The summed E-state index contributed by atoms with van der Waals surface area (Å²) in [5.41, 5.74) is -0.282. The van der Waals surface area contributed by atoms with Gasteiger partial charge in [-0.3, -0.25) is 4.79 Å². The summed E-state index contributed by atoms with van der Waals surface area (Å²) in [5.74, 6) is 0.123. The molecule has 0 aliphatic heterocycles. The molecule has 28 heavy (non-hydrogen) atoms. The van der Waals surface area contributed by atoms with Crippen LogP contribution in [0.3, 0.4) is 0 Å². The molecule has 0 spiro atoms. The van der Waals surface area contributed by atoms with Gasteiger partial charge in [0.25, 0.3) is 0 Å². The second-order valence-corrected chi connectivity index (χ2v) is 7.71. The minimum atomic E-state index is -4.67. The van der Waals surface area contributed by atoms with Crippen molar-refractivity contribution >= 4 is 15.9 Å². The highest BCUT2D eigenvalue weighted by Gasteiger charge is 2.31. The summed E-state index contributed by atoms with van der Waals surface area (Å²) in [6.45, 7) is -0.348. The summed E-state index contributed by atoms with van der Waals surface area (Å²) < 4.78 is 69.7. The molecule has 152 valence electrons. The van der Waals surface area contributed by atoms with Crippen LogP contribution in [0.4, 0.5) is 13.2 Å². The summed E-state index contributed by atoms with van der Waals surface area (Å²) in [7, 11) is -1.25. The smallest absolute Gasteiger partial charge is 0.416 e. The number of carbonyl (C=O) groups excluding carboxylic acids is 1. The zero-order chi connectivity index (χ0) is 20.9. The Hall–Kier alpha value is -2.59. The number of alkyl halides is 3. The van der Waals surface area contributed by atoms with Crippen molar-refractivity contribution in [1.82, 2.24) is 9.62 Å². The Morgan fingerprint density at radius 2 is 1.79 bits per heavy atom. The molecule has 2 rings (SSSR count). The van der Waals surface area contributed by atoms with Crippen LogP contribution in [0.25, 0.3) is 0 Å². The second kappa shape index (κ2) is 8.61. The van der Waals surface area contributed by atoms with Crippen molar-refractivity contribution in [3.05, 3.63) is 59.7 Å². The third kappa shape index (κ3) is 5.70. The second-order valence-electron chi connectivity index (χ2n) is 5.95. The van der Waals surface area contributed by atoms with Crippen LogP contribution in [-0.4, -0.2) is 39.9 Å². The lowest BCUT2D eigenvalue weighted by atomic mass is 10.2. The number of ether oxygens (including phenoxy) is 1. The fraction of sp³-hybridized carbons (Fsp3) is 0.278. The molecule has 2 aromatic rings. The van der Waals surface area contributed by atoms with E-state index in [0.717, 1.165) is 23.8 Å². The number of hydrogen-bond acceptors (Lipinski definition) is 4. The largest absolute Gasteiger partial charge is 0.497 e. The maximum absolute atomic E-state index is 12.7. The van der Waals surface area contributed by atoms with Gasteiger partial charge in [0.2, 0.25) is 15.9 Å². The quantitative estimate of drug-likeness (QED) is 0.753. The maximum atomic E-state index is 12.7. The minimum absolute atomic E-state index is 0.230. The predicted molar refractivity (Wildman–Crippen MR) is 96.1 cm³/mol. The Morgan fingerprint density at radius 1 is 1.14 bits per heavy atom. The molecular weight excluding hydrogens is 397 g/mol. The number of methoxy groups -OCH3 is 1. The van der Waals surface area contributed by atoms with Crippen LogP contribution in [-0.2, 0) is 27.5 Å². The fourth-order valence-corrected chi connectivity index (χ4v) is 3.33. The molecule has 1 N–H and O–H groups in total.